The van der Waals surface area contributed by atoms with Crippen LogP contribution in [0.25, 0.3) is 0 Å². The second kappa shape index (κ2) is 11.7. The Hall–Kier alpha value is 0.250. The lowest BCUT2D eigenvalue weighted by molar-refractivity contribution is 0.326. The smallest absolute Gasteiger partial charge is 0.0434 e. The normalized spacial score (nSPS) is 13.3. The molecule has 1 atom stereocenters. The van der Waals surface area contributed by atoms with E-state index in [2.05, 4.69) is 25.8 Å². The van der Waals surface area contributed by atoms with Crippen molar-refractivity contribution in [2.24, 2.45) is 0 Å². The topological polar surface area (TPSA) is 3.24 Å². The molecule has 98 valence electrons. The monoisotopic (exact) mass is 247 g/mol. The number of hydrogen-bond acceptors (Lipinski definition) is 1. The van der Waals surface area contributed by atoms with Crippen molar-refractivity contribution in [3.05, 3.63) is 0 Å². The fraction of sp³-hybridized carbons (Fsp3) is 1.00. The highest BCUT2D eigenvalue weighted by atomic mass is 35.5. The standard InChI is InChI=1S/C14H30ClN/c1-4-5-6-7-8-9-10-11-12-16(3)13-14(2)15/h14H,4-13H2,1-3H3. The van der Waals surface area contributed by atoms with Crippen molar-refractivity contribution in [1.29, 1.82) is 0 Å². The van der Waals surface area contributed by atoms with Crippen LogP contribution in [0.3, 0.4) is 0 Å². The predicted molar refractivity (Wildman–Crippen MR) is 75.4 cm³/mol. The molecule has 0 aromatic rings. The van der Waals surface area contributed by atoms with Crippen molar-refractivity contribution in [2.45, 2.75) is 70.6 Å². The quantitative estimate of drug-likeness (QED) is 0.378. The highest BCUT2D eigenvalue weighted by molar-refractivity contribution is 6.20. The molecule has 0 spiro atoms. The number of hydrogen-bond donors (Lipinski definition) is 0. The molecule has 2 heteroatoms. The number of rotatable bonds is 11. The summed E-state index contributed by atoms with van der Waals surface area (Å²) in [7, 11) is 2.17. The van der Waals surface area contributed by atoms with Gasteiger partial charge in [-0.25, -0.2) is 0 Å². The lowest BCUT2D eigenvalue weighted by Gasteiger charge is -2.17. The van der Waals surface area contributed by atoms with Gasteiger partial charge in [-0.1, -0.05) is 51.9 Å². The SMILES string of the molecule is CCCCCCCCCCN(C)CC(C)Cl. The number of halogens is 1. The molecule has 0 aromatic heterocycles. The molecular formula is C14H30ClN. The fourth-order valence-corrected chi connectivity index (χ4v) is 2.27. The van der Waals surface area contributed by atoms with Gasteiger partial charge < -0.3 is 4.90 Å². The summed E-state index contributed by atoms with van der Waals surface area (Å²) in [6.45, 7) is 6.55. The van der Waals surface area contributed by atoms with Crippen LogP contribution in [0.2, 0.25) is 0 Å². The minimum atomic E-state index is 0.277. The largest absolute Gasteiger partial charge is 0.305 e. The Bertz CT molecular complexity index is 137. The molecular weight excluding hydrogens is 218 g/mol. The van der Waals surface area contributed by atoms with E-state index in [9.17, 15) is 0 Å². The average Bonchev–Trinajstić information content (AvgIpc) is 2.21. The summed E-state index contributed by atoms with van der Waals surface area (Å²) in [4.78, 5) is 2.34. The Balaban J connectivity index is 3.08. The van der Waals surface area contributed by atoms with Gasteiger partial charge in [-0.05, 0) is 26.9 Å². The van der Waals surface area contributed by atoms with Gasteiger partial charge in [-0.15, -0.1) is 11.6 Å². The molecule has 0 aliphatic carbocycles. The minimum absolute atomic E-state index is 0.277. The van der Waals surface area contributed by atoms with Gasteiger partial charge >= 0.3 is 0 Å². The van der Waals surface area contributed by atoms with Crippen molar-refractivity contribution in [2.75, 3.05) is 20.1 Å². The van der Waals surface area contributed by atoms with E-state index in [1.165, 1.54) is 57.9 Å². The third-order valence-electron chi connectivity index (χ3n) is 2.96. The van der Waals surface area contributed by atoms with Crippen molar-refractivity contribution in [3.63, 3.8) is 0 Å². The van der Waals surface area contributed by atoms with Crippen molar-refractivity contribution < 1.29 is 0 Å². The first-order valence-corrected chi connectivity index (χ1v) is 7.43. The Morgan fingerprint density at radius 1 is 0.938 bits per heavy atom. The molecule has 0 heterocycles. The average molecular weight is 248 g/mol. The molecule has 0 N–H and O–H groups in total. The van der Waals surface area contributed by atoms with Crippen LogP contribution in [-0.2, 0) is 0 Å². The first kappa shape index (κ1) is 16.2. The Morgan fingerprint density at radius 2 is 1.44 bits per heavy atom. The second-order valence-electron chi connectivity index (χ2n) is 5.02. The van der Waals surface area contributed by atoms with Gasteiger partial charge in [0, 0.05) is 11.9 Å². The van der Waals surface area contributed by atoms with Gasteiger partial charge in [-0.3, -0.25) is 0 Å². The predicted octanol–water partition coefficient (Wildman–Crippen LogP) is 4.69. The summed E-state index contributed by atoms with van der Waals surface area (Å²) in [6, 6.07) is 0. The van der Waals surface area contributed by atoms with E-state index in [1.807, 2.05) is 0 Å². The lowest BCUT2D eigenvalue weighted by Crippen LogP contribution is -2.25. The van der Waals surface area contributed by atoms with E-state index in [-0.39, 0.29) is 5.38 Å². The van der Waals surface area contributed by atoms with Gasteiger partial charge in [0.2, 0.25) is 0 Å². The van der Waals surface area contributed by atoms with Crippen molar-refractivity contribution in [1.82, 2.24) is 4.90 Å². The van der Waals surface area contributed by atoms with Crippen LogP contribution in [-0.4, -0.2) is 30.4 Å². The van der Waals surface area contributed by atoms with Crippen LogP contribution in [0.1, 0.15) is 65.2 Å². The Morgan fingerprint density at radius 3 is 1.94 bits per heavy atom. The molecule has 0 bridgehead atoms. The molecule has 1 unspecified atom stereocenters. The summed E-state index contributed by atoms with van der Waals surface area (Å²) in [5.74, 6) is 0. The molecule has 1 nitrogen and oxygen atoms in total. The fourth-order valence-electron chi connectivity index (χ4n) is 2.04. The third-order valence-corrected chi connectivity index (χ3v) is 3.09. The molecule has 0 aliphatic heterocycles. The molecule has 0 rings (SSSR count). The highest BCUT2D eigenvalue weighted by Crippen LogP contribution is 2.08. The molecule has 0 aliphatic rings. The maximum atomic E-state index is 5.94. The van der Waals surface area contributed by atoms with Gasteiger partial charge in [0.15, 0.2) is 0 Å². The van der Waals surface area contributed by atoms with E-state index in [0.29, 0.717) is 0 Å². The summed E-state index contributed by atoms with van der Waals surface area (Å²) in [5.41, 5.74) is 0. The molecule has 0 fully saturated rings. The van der Waals surface area contributed by atoms with Crippen molar-refractivity contribution in [3.8, 4) is 0 Å². The van der Waals surface area contributed by atoms with Crippen LogP contribution in [0, 0.1) is 0 Å². The van der Waals surface area contributed by atoms with E-state index in [1.54, 1.807) is 0 Å². The summed E-state index contributed by atoms with van der Waals surface area (Å²) >= 11 is 5.94. The van der Waals surface area contributed by atoms with Crippen LogP contribution in [0.15, 0.2) is 0 Å². The maximum Gasteiger partial charge on any atom is 0.0434 e. The zero-order valence-corrected chi connectivity index (χ0v) is 12.2. The Labute approximate surface area is 108 Å². The van der Waals surface area contributed by atoms with E-state index in [4.69, 9.17) is 11.6 Å². The molecule has 0 saturated carbocycles. The molecule has 0 saturated heterocycles. The van der Waals surface area contributed by atoms with Crippen LogP contribution in [0.5, 0.6) is 0 Å². The molecule has 0 aromatic carbocycles. The number of nitrogens with zero attached hydrogens (tertiary/aromatic N) is 1. The zero-order chi connectivity index (χ0) is 12.2. The van der Waals surface area contributed by atoms with E-state index < -0.39 is 0 Å². The summed E-state index contributed by atoms with van der Waals surface area (Å²) < 4.78 is 0. The van der Waals surface area contributed by atoms with Crippen LogP contribution in [0.4, 0.5) is 0 Å². The molecule has 16 heavy (non-hydrogen) atoms. The lowest BCUT2D eigenvalue weighted by atomic mass is 10.1. The third kappa shape index (κ3) is 12.3. The first-order chi connectivity index (χ1) is 7.66. The molecule has 0 radical (unpaired) electrons. The number of unbranched alkanes of at least 4 members (excludes halogenated alkanes) is 7. The van der Waals surface area contributed by atoms with E-state index in [0.717, 1.165) is 6.54 Å². The van der Waals surface area contributed by atoms with Gasteiger partial charge in [0.1, 0.15) is 0 Å². The highest BCUT2D eigenvalue weighted by Gasteiger charge is 2.02. The first-order valence-electron chi connectivity index (χ1n) is 6.99. The van der Waals surface area contributed by atoms with Crippen molar-refractivity contribution >= 4 is 11.6 Å². The van der Waals surface area contributed by atoms with Gasteiger partial charge in [0.05, 0.1) is 0 Å². The molecule has 0 amide bonds. The zero-order valence-electron chi connectivity index (χ0n) is 11.5. The van der Waals surface area contributed by atoms with Gasteiger partial charge in [-0.2, -0.15) is 0 Å². The summed E-state index contributed by atoms with van der Waals surface area (Å²) in [5, 5.41) is 0.277. The minimum Gasteiger partial charge on any atom is -0.305 e. The summed E-state index contributed by atoms with van der Waals surface area (Å²) in [6.07, 6.45) is 11.2. The van der Waals surface area contributed by atoms with Gasteiger partial charge in [0.25, 0.3) is 0 Å². The maximum absolute atomic E-state index is 5.94. The Kier molecular flexibility index (Phi) is 11.9. The van der Waals surface area contributed by atoms with Crippen LogP contribution >= 0.6 is 11.6 Å². The van der Waals surface area contributed by atoms with E-state index >= 15 is 0 Å². The second-order valence-corrected chi connectivity index (χ2v) is 5.76. The van der Waals surface area contributed by atoms with Crippen LogP contribution < -0.4 is 0 Å². The number of alkyl halides is 1.